The van der Waals surface area contributed by atoms with Gasteiger partial charge in [0.25, 0.3) is 5.91 Å². The molecule has 26 heavy (non-hydrogen) atoms. The Kier molecular flexibility index (Phi) is 5.16. The van der Waals surface area contributed by atoms with Gasteiger partial charge in [-0.2, -0.15) is 0 Å². The number of hydrogen-bond acceptors (Lipinski definition) is 5. The fraction of sp³-hybridized carbons (Fsp3) is 0.368. The van der Waals surface area contributed by atoms with Gasteiger partial charge in [0.2, 0.25) is 5.91 Å². The molecule has 0 radical (unpaired) electrons. The molecule has 1 aliphatic heterocycles. The third-order valence-electron chi connectivity index (χ3n) is 3.89. The first-order chi connectivity index (χ1) is 12.4. The number of nitrogens with one attached hydrogen (secondary N) is 2. The van der Waals surface area contributed by atoms with Crippen LogP contribution in [0.3, 0.4) is 0 Å². The van der Waals surface area contributed by atoms with Crippen molar-refractivity contribution in [1.29, 1.82) is 0 Å². The molecule has 2 amide bonds. The van der Waals surface area contributed by atoms with Crippen molar-refractivity contribution in [1.82, 2.24) is 10.6 Å². The van der Waals surface area contributed by atoms with Gasteiger partial charge in [0, 0.05) is 12.0 Å². The molecule has 0 unspecified atom stereocenters. The van der Waals surface area contributed by atoms with Crippen LogP contribution in [0.2, 0.25) is 0 Å². The van der Waals surface area contributed by atoms with Crippen molar-refractivity contribution in [3.8, 4) is 11.5 Å². The molecular formula is C19H22N2O5. The summed E-state index contributed by atoms with van der Waals surface area (Å²) in [7, 11) is 0. The second-order valence-electron chi connectivity index (χ2n) is 6.64. The number of hydrogen-bond donors (Lipinski definition) is 2. The van der Waals surface area contributed by atoms with E-state index in [1.807, 2.05) is 32.0 Å². The fourth-order valence-corrected chi connectivity index (χ4v) is 2.77. The minimum atomic E-state index is -0.430. The Labute approximate surface area is 151 Å². The third-order valence-corrected chi connectivity index (χ3v) is 3.89. The molecule has 0 spiro atoms. The lowest BCUT2D eigenvalue weighted by Gasteiger charge is -2.18. The van der Waals surface area contributed by atoms with Crippen LogP contribution in [0.15, 0.2) is 41.0 Å². The van der Waals surface area contributed by atoms with E-state index in [0.717, 1.165) is 17.7 Å². The van der Waals surface area contributed by atoms with Crippen molar-refractivity contribution in [2.45, 2.75) is 25.9 Å². The number of carbonyl (C=O) groups is 2. The summed E-state index contributed by atoms with van der Waals surface area (Å²) in [5.41, 5.74) is 0.888. The number of amides is 2. The molecule has 7 heteroatoms. The SMILES string of the molecule is CC1(C)Cc2cccc(OCCNC(=O)CNC(=O)c3ccco3)c2O1. The predicted molar refractivity (Wildman–Crippen MR) is 94.4 cm³/mol. The molecule has 7 nitrogen and oxygen atoms in total. The van der Waals surface area contributed by atoms with Crippen molar-refractivity contribution >= 4 is 11.8 Å². The lowest BCUT2D eigenvalue weighted by atomic mass is 10.0. The zero-order chi connectivity index (χ0) is 18.6. The summed E-state index contributed by atoms with van der Waals surface area (Å²) in [6, 6.07) is 8.95. The molecule has 0 saturated carbocycles. The van der Waals surface area contributed by atoms with Gasteiger partial charge in [0.1, 0.15) is 12.2 Å². The molecule has 2 heterocycles. The van der Waals surface area contributed by atoms with Crippen LogP contribution < -0.4 is 20.1 Å². The quantitative estimate of drug-likeness (QED) is 0.738. The minimum Gasteiger partial charge on any atom is -0.488 e. The number of furan rings is 1. The molecule has 2 N–H and O–H groups in total. The van der Waals surface area contributed by atoms with Gasteiger partial charge < -0.3 is 24.5 Å². The second-order valence-corrected chi connectivity index (χ2v) is 6.64. The number of ether oxygens (including phenoxy) is 2. The van der Waals surface area contributed by atoms with Gasteiger partial charge in [-0.15, -0.1) is 0 Å². The van der Waals surface area contributed by atoms with Crippen molar-refractivity contribution in [3.05, 3.63) is 47.9 Å². The first-order valence-corrected chi connectivity index (χ1v) is 8.47. The molecule has 0 saturated heterocycles. The maximum atomic E-state index is 11.8. The number of rotatable bonds is 7. The summed E-state index contributed by atoms with van der Waals surface area (Å²) in [5, 5.41) is 5.17. The largest absolute Gasteiger partial charge is 0.488 e. The fourth-order valence-electron chi connectivity index (χ4n) is 2.77. The highest BCUT2D eigenvalue weighted by Crippen LogP contribution is 2.41. The van der Waals surface area contributed by atoms with E-state index in [-0.39, 0.29) is 23.8 Å². The van der Waals surface area contributed by atoms with Crippen LogP contribution >= 0.6 is 0 Å². The van der Waals surface area contributed by atoms with Crippen LogP contribution in [0.1, 0.15) is 30.0 Å². The Morgan fingerprint density at radius 1 is 1.19 bits per heavy atom. The first kappa shape index (κ1) is 17.8. The average Bonchev–Trinajstić information content (AvgIpc) is 3.23. The van der Waals surface area contributed by atoms with E-state index in [0.29, 0.717) is 18.9 Å². The van der Waals surface area contributed by atoms with Gasteiger partial charge in [-0.05, 0) is 32.0 Å². The third kappa shape index (κ3) is 4.36. The standard InChI is InChI=1S/C19H22N2O5/c1-19(2)11-13-5-3-6-14(17(13)26-19)25-10-8-20-16(22)12-21-18(23)15-7-4-9-24-15/h3-7,9H,8,10-12H2,1-2H3,(H,20,22)(H,21,23). The smallest absolute Gasteiger partial charge is 0.287 e. The highest BCUT2D eigenvalue weighted by atomic mass is 16.5. The Hall–Kier alpha value is -2.96. The summed E-state index contributed by atoms with van der Waals surface area (Å²) in [5.74, 6) is 0.884. The molecule has 138 valence electrons. The van der Waals surface area contributed by atoms with E-state index in [1.54, 1.807) is 6.07 Å². The lowest BCUT2D eigenvalue weighted by molar-refractivity contribution is -0.120. The Morgan fingerprint density at radius 2 is 2.04 bits per heavy atom. The van der Waals surface area contributed by atoms with E-state index in [4.69, 9.17) is 13.9 Å². The zero-order valence-electron chi connectivity index (χ0n) is 14.8. The van der Waals surface area contributed by atoms with E-state index in [1.165, 1.54) is 12.3 Å². The van der Waals surface area contributed by atoms with Gasteiger partial charge in [-0.1, -0.05) is 12.1 Å². The monoisotopic (exact) mass is 358 g/mol. The first-order valence-electron chi connectivity index (χ1n) is 8.47. The minimum absolute atomic E-state index is 0.127. The molecule has 0 atom stereocenters. The number of para-hydroxylation sites is 1. The zero-order valence-corrected chi connectivity index (χ0v) is 14.8. The van der Waals surface area contributed by atoms with E-state index >= 15 is 0 Å². The van der Waals surface area contributed by atoms with Crippen LogP contribution in [0.4, 0.5) is 0 Å². The maximum Gasteiger partial charge on any atom is 0.287 e. The molecule has 1 aromatic heterocycles. The number of benzene rings is 1. The molecule has 3 rings (SSSR count). The van der Waals surface area contributed by atoms with Crippen molar-refractivity contribution in [2.75, 3.05) is 19.7 Å². The predicted octanol–water partition coefficient (Wildman–Crippen LogP) is 1.92. The molecule has 1 aliphatic rings. The van der Waals surface area contributed by atoms with Crippen LogP contribution in [-0.4, -0.2) is 37.1 Å². The normalized spacial score (nSPS) is 14.2. The van der Waals surface area contributed by atoms with Crippen LogP contribution in [0.5, 0.6) is 11.5 Å². The average molecular weight is 358 g/mol. The van der Waals surface area contributed by atoms with Crippen LogP contribution in [0, 0.1) is 0 Å². The number of carbonyl (C=O) groups excluding carboxylic acids is 2. The van der Waals surface area contributed by atoms with Gasteiger partial charge in [0.05, 0.1) is 19.4 Å². The van der Waals surface area contributed by atoms with Crippen molar-refractivity contribution in [3.63, 3.8) is 0 Å². The molecule has 0 bridgehead atoms. The Morgan fingerprint density at radius 3 is 2.81 bits per heavy atom. The topological polar surface area (TPSA) is 89.8 Å². The molecule has 0 aliphatic carbocycles. The summed E-state index contributed by atoms with van der Waals surface area (Å²) in [4.78, 5) is 23.4. The Balaban J connectivity index is 1.39. The van der Waals surface area contributed by atoms with Crippen molar-refractivity contribution in [2.24, 2.45) is 0 Å². The van der Waals surface area contributed by atoms with Gasteiger partial charge >= 0.3 is 0 Å². The second kappa shape index (κ2) is 7.51. The molecule has 1 aromatic carbocycles. The molecule has 0 fully saturated rings. The Bertz CT molecular complexity index is 783. The van der Waals surface area contributed by atoms with E-state index < -0.39 is 5.91 Å². The van der Waals surface area contributed by atoms with Crippen LogP contribution in [0.25, 0.3) is 0 Å². The highest BCUT2D eigenvalue weighted by Gasteiger charge is 2.32. The van der Waals surface area contributed by atoms with Crippen molar-refractivity contribution < 1.29 is 23.5 Å². The maximum absolute atomic E-state index is 11.8. The summed E-state index contributed by atoms with van der Waals surface area (Å²) < 4.78 is 16.6. The summed E-state index contributed by atoms with van der Waals surface area (Å²) >= 11 is 0. The van der Waals surface area contributed by atoms with E-state index in [2.05, 4.69) is 10.6 Å². The van der Waals surface area contributed by atoms with E-state index in [9.17, 15) is 9.59 Å². The summed E-state index contributed by atoms with van der Waals surface area (Å²) in [6.07, 6.45) is 2.24. The van der Waals surface area contributed by atoms with Gasteiger partial charge in [0.15, 0.2) is 17.3 Å². The summed E-state index contributed by atoms with van der Waals surface area (Å²) in [6.45, 7) is 4.57. The van der Waals surface area contributed by atoms with Gasteiger partial charge in [-0.25, -0.2) is 0 Å². The molecule has 2 aromatic rings. The highest BCUT2D eigenvalue weighted by molar-refractivity contribution is 5.94. The molecular weight excluding hydrogens is 336 g/mol. The number of fused-ring (bicyclic) bond motifs is 1. The van der Waals surface area contributed by atoms with Crippen LogP contribution in [-0.2, 0) is 11.2 Å². The van der Waals surface area contributed by atoms with Gasteiger partial charge in [-0.3, -0.25) is 9.59 Å². The lowest BCUT2D eigenvalue weighted by Crippen LogP contribution is -2.38.